The summed E-state index contributed by atoms with van der Waals surface area (Å²) in [7, 11) is 5.91. The number of unbranched alkanes of at least 4 members (excludes halogenated alkanes) is 1. The fourth-order valence-electron chi connectivity index (χ4n) is 4.57. The highest BCUT2D eigenvalue weighted by atomic mass is 16.5. The van der Waals surface area contributed by atoms with Crippen molar-refractivity contribution in [2.45, 2.75) is 57.8 Å². The molecule has 1 aliphatic rings. The van der Waals surface area contributed by atoms with Crippen LogP contribution in [0.4, 0.5) is 0 Å². The van der Waals surface area contributed by atoms with Crippen LogP contribution < -0.4 is 24.3 Å². The Morgan fingerprint density at radius 2 is 1.36 bits per heavy atom. The number of benzene rings is 2. The van der Waals surface area contributed by atoms with Crippen LogP contribution in [0.5, 0.6) is 23.0 Å². The van der Waals surface area contributed by atoms with Crippen molar-refractivity contribution in [3.8, 4) is 23.0 Å². The van der Waals surface area contributed by atoms with E-state index in [1.165, 1.54) is 14.2 Å². The predicted molar refractivity (Wildman–Crippen MR) is 157 cm³/mol. The number of hydrogen-bond donors (Lipinski definition) is 1. The predicted octanol–water partition coefficient (Wildman–Crippen LogP) is 4.68. The van der Waals surface area contributed by atoms with Crippen LogP contribution in [0, 0.1) is 5.92 Å². The molecule has 3 rings (SSSR count). The van der Waals surface area contributed by atoms with Crippen LogP contribution in [0.25, 0.3) is 0 Å². The zero-order valence-electron chi connectivity index (χ0n) is 25.1. The molecule has 2 aromatic rings. The third kappa shape index (κ3) is 9.85. The van der Waals surface area contributed by atoms with Gasteiger partial charge in [0.05, 0.1) is 46.7 Å². The molecule has 10 heteroatoms. The van der Waals surface area contributed by atoms with Crippen molar-refractivity contribution in [3.63, 3.8) is 0 Å². The first-order chi connectivity index (χ1) is 20.4. The third-order valence-electron chi connectivity index (χ3n) is 7.04. The van der Waals surface area contributed by atoms with E-state index in [4.69, 9.17) is 23.7 Å². The Morgan fingerprint density at radius 3 is 1.93 bits per heavy atom. The summed E-state index contributed by atoms with van der Waals surface area (Å²) in [5.41, 5.74) is 2.21. The van der Waals surface area contributed by atoms with E-state index in [0.717, 1.165) is 30.4 Å². The van der Waals surface area contributed by atoms with Gasteiger partial charge in [0.15, 0.2) is 0 Å². The van der Waals surface area contributed by atoms with Gasteiger partial charge in [-0.2, -0.15) is 0 Å². The van der Waals surface area contributed by atoms with Crippen LogP contribution >= 0.6 is 0 Å². The molecule has 0 unspecified atom stereocenters. The molecule has 230 valence electrons. The van der Waals surface area contributed by atoms with E-state index in [9.17, 15) is 14.4 Å². The second-order valence-corrected chi connectivity index (χ2v) is 10.1. The van der Waals surface area contributed by atoms with Crippen molar-refractivity contribution >= 4 is 17.8 Å². The fourth-order valence-corrected chi connectivity index (χ4v) is 4.57. The van der Waals surface area contributed by atoms with E-state index in [1.54, 1.807) is 20.2 Å². The molecule has 1 fully saturated rings. The van der Waals surface area contributed by atoms with E-state index < -0.39 is 0 Å². The molecule has 0 aliphatic heterocycles. The minimum Gasteiger partial charge on any atom is -0.495 e. The Balaban J connectivity index is 1.61. The van der Waals surface area contributed by atoms with Crippen molar-refractivity contribution in [1.82, 2.24) is 5.32 Å². The van der Waals surface area contributed by atoms with E-state index in [0.29, 0.717) is 86.4 Å². The summed E-state index contributed by atoms with van der Waals surface area (Å²) in [6.45, 7) is 1.22. The Labute approximate surface area is 247 Å². The van der Waals surface area contributed by atoms with Gasteiger partial charge in [-0.25, -0.2) is 0 Å². The first kappa shape index (κ1) is 32.6. The fraction of sp³-hybridized carbons (Fsp3) is 0.531. The Kier molecular flexibility index (Phi) is 13.3. The summed E-state index contributed by atoms with van der Waals surface area (Å²) in [4.78, 5) is 35.6. The van der Waals surface area contributed by atoms with Gasteiger partial charge in [-0.1, -0.05) is 6.07 Å². The number of methoxy groups -OCH3 is 3. The molecule has 0 heterocycles. The van der Waals surface area contributed by atoms with Crippen LogP contribution in [0.2, 0.25) is 0 Å². The van der Waals surface area contributed by atoms with Crippen LogP contribution in [0.1, 0.15) is 66.4 Å². The van der Waals surface area contributed by atoms with Crippen molar-refractivity contribution in [1.29, 1.82) is 0 Å². The standard InChI is InChI=1S/C32H43NO9/c1-33-32(36)24-14-16-28(25(31(24)39-4)21-22-12-13-22)42-20-8-19-41-27-10-7-9-26(23(27)15-17-30(35)38-3)40-18-6-5-11-29(34)37-2/h7,9-10,14,16,22H,5-6,8,11-13,15,17-21H2,1-4H3,(H,33,36). The highest BCUT2D eigenvalue weighted by Crippen LogP contribution is 2.41. The first-order valence-corrected chi connectivity index (χ1v) is 14.5. The summed E-state index contributed by atoms with van der Waals surface area (Å²) in [6, 6.07) is 9.12. The van der Waals surface area contributed by atoms with Crippen LogP contribution in [0.15, 0.2) is 30.3 Å². The quantitative estimate of drug-likeness (QED) is 0.185. The number of carbonyl (C=O) groups excluding carboxylic acids is 3. The lowest BCUT2D eigenvalue weighted by Gasteiger charge is -2.18. The van der Waals surface area contributed by atoms with Crippen LogP contribution in [-0.4, -0.2) is 66.0 Å². The molecule has 42 heavy (non-hydrogen) atoms. The van der Waals surface area contributed by atoms with Crippen molar-refractivity contribution in [3.05, 3.63) is 47.0 Å². The molecule has 0 radical (unpaired) electrons. The van der Waals surface area contributed by atoms with E-state index >= 15 is 0 Å². The van der Waals surface area contributed by atoms with Crippen LogP contribution in [-0.2, 0) is 31.9 Å². The zero-order chi connectivity index (χ0) is 30.3. The van der Waals surface area contributed by atoms with Gasteiger partial charge in [0.25, 0.3) is 5.91 Å². The molecule has 0 aromatic heterocycles. The van der Waals surface area contributed by atoms with Gasteiger partial charge < -0.3 is 33.7 Å². The molecule has 0 atom stereocenters. The SMILES string of the molecule is CNC(=O)c1ccc(OCCCOc2cccc(OCCCCC(=O)OC)c2CCC(=O)OC)c(CC2CC2)c1OC. The second kappa shape index (κ2) is 17.1. The molecule has 1 aliphatic carbocycles. The van der Waals surface area contributed by atoms with Gasteiger partial charge in [-0.15, -0.1) is 0 Å². The molecule has 1 N–H and O–H groups in total. The number of nitrogens with one attached hydrogen (secondary N) is 1. The molecular formula is C32H43NO9. The average molecular weight is 586 g/mol. The van der Waals surface area contributed by atoms with Crippen molar-refractivity contribution < 1.29 is 42.8 Å². The number of esters is 2. The Hall–Kier alpha value is -3.95. The minimum absolute atomic E-state index is 0.191. The smallest absolute Gasteiger partial charge is 0.305 e. The van der Waals surface area contributed by atoms with E-state index in [1.807, 2.05) is 24.3 Å². The van der Waals surface area contributed by atoms with Gasteiger partial charge >= 0.3 is 11.9 Å². The molecule has 0 spiro atoms. The average Bonchev–Trinajstić information content (AvgIpc) is 3.83. The van der Waals surface area contributed by atoms with E-state index in [-0.39, 0.29) is 24.3 Å². The number of carbonyl (C=O) groups is 3. The summed E-state index contributed by atoms with van der Waals surface area (Å²) >= 11 is 0. The summed E-state index contributed by atoms with van der Waals surface area (Å²) in [5.74, 6) is 2.37. The van der Waals surface area contributed by atoms with Gasteiger partial charge in [-0.3, -0.25) is 14.4 Å². The second-order valence-electron chi connectivity index (χ2n) is 10.1. The molecule has 0 saturated heterocycles. The molecule has 2 aromatic carbocycles. The minimum atomic E-state index is -0.318. The number of hydrogen-bond acceptors (Lipinski definition) is 9. The maximum absolute atomic E-state index is 12.4. The lowest BCUT2D eigenvalue weighted by atomic mass is 10.0. The Morgan fingerprint density at radius 1 is 0.762 bits per heavy atom. The highest BCUT2D eigenvalue weighted by molar-refractivity contribution is 5.97. The van der Waals surface area contributed by atoms with Crippen molar-refractivity contribution in [2.75, 3.05) is 48.2 Å². The summed E-state index contributed by atoms with van der Waals surface area (Å²) in [5, 5.41) is 2.67. The van der Waals surface area contributed by atoms with Gasteiger partial charge in [0, 0.05) is 37.4 Å². The molecule has 10 nitrogen and oxygen atoms in total. The number of amides is 1. The number of rotatable bonds is 19. The van der Waals surface area contributed by atoms with Gasteiger partial charge in [0.2, 0.25) is 0 Å². The lowest BCUT2D eigenvalue weighted by Crippen LogP contribution is -2.19. The Bertz CT molecular complexity index is 1190. The van der Waals surface area contributed by atoms with Gasteiger partial charge in [0.1, 0.15) is 23.0 Å². The molecule has 1 saturated carbocycles. The van der Waals surface area contributed by atoms with E-state index in [2.05, 4.69) is 10.1 Å². The molecule has 1 amide bonds. The normalized spacial score (nSPS) is 12.3. The monoisotopic (exact) mass is 585 g/mol. The zero-order valence-corrected chi connectivity index (χ0v) is 25.1. The topological polar surface area (TPSA) is 119 Å². The maximum Gasteiger partial charge on any atom is 0.305 e. The first-order valence-electron chi connectivity index (χ1n) is 14.5. The van der Waals surface area contributed by atoms with Crippen LogP contribution in [0.3, 0.4) is 0 Å². The number of ether oxygens (including phenoxy) is 6. The summed E-state index contributed by atoms with van der Waals surface area (Å²) in [6.07, 6.45) is 6.01. The largest absolute Gasteiger partial charge is 0.495 e. The summed E-state index contributed by atoms with van der Waals surface area (Å²) < 4.78 is 33.4. The third-order valence-corrected chi connectivity index (χ3v) is 7.04. The molecular weight excluding hydrogens is 542 g/mol. The van der Waals surface area contributed by atoms with Crippen molar-refractivity contribution in [2.24, 2.45) is 5.92 Å². The lowest BCUT2D eigenvalue weighted by molar-refractivity contribution is -0.141. The maximum atomic E-state index is 12.4. The van der Waals surface area contributed by atoms with Gasteiger partial charge in [-0.05, 0) is 68.7 Å². The molecule has 0 bridgehead atoms. The highest BCUT2D eigenvalue weighted by Gasteiger charge is 2.27.